The van der Waals surface area contributed by atoms with Gasteiger partial charge in [0.05, 0.1) is 0 Å². The third-order valence-corrected chi connectivity index (χ3v) is 42.8. The van der Waals surface area contributed by atoms with Gasteiger partial charge in [-0.3, -0.25) is 0 Å². The molecule has 0 bridgehead atoms. The SMILES string of the molecule is c1ccc([PH]([Pt][PH](c2ccccc2)(c2ccccc2)c2ccccc2)(c2ccccc2)c2ccccc2)cc1. The van der Waals surface area contributed by atoms with E-state index in [1.54, 1.807) is 0 Å². The predicted molar refractivity (Wildman–Crippen MR) is 173 cm³/mol. The Kier molecular flexibility index (Phi) is 8.00. The van der Waals surface area contributed by atoms with Crippen LogP contribution in [0.15, 0.2) is 182 Å². The molecule has 0 spiro atoms. The fourth-order valence-electron chi connectivity index (χ4n) is 5.40. The predicted octanol–water partition coefficient (Wildman–Crippen LogP) is 6.35. The van der Waals surface area contributed by atoms with Gasteiger partial charge in [0.2, 0.25) is 0 Å². The summed E-state index contributed by atoms with van der Waals surface area (Å²) in [7, 11) is 0. The molecule has 0 radical (unpaired) electrons. The Morgan fingerprint density at radius 1 is 0.231 bits per heavy atom. The van der Waals surface area contributed by atoms with Gasteiger partial charge in [0.25, 0.3) is 0 Å². The number of hydrogen-bond acceptors (Lipinski definition) is 0. The molecule has 0 heterocycles. The number of rotatable bonds is 8. The molecule has 6 aromatic carbocycles. The summed E-state index contributed by atoms with van der Waals surface area (Å²) in [6.45, 7) is 0. The van der Waals surface area contributed by atoms with E-state index in [1.165, 1.54) is 31.8 Å². The molecule has 0 aliphatic carbocycles. The van der Waals surface area contributed by atoms with Crippen molar-refractivity contribution in [3.05, 3.63) is 182 Å². The van der Waals surface area contributed by atoms with Gasteiger partial charge in [0, 0.05) is 0 Å². The summed E-state index contributed by atoms with van der Waals surface area (Å²) in [4.78, 5) is 0. The van der Waals surface area contributed by atoms with Gasteiger partial charge in [-0.15, -0.1) is 0 Å². The summed E-state index contributed by atoms with van der Waals surface area (Å²) in [5, 5.41) is 4.19. The first-order valence-electron chi connectivity index (χ1n) is 13.3. The molecule has 0 aliphatic heterocycles. The summed E-state index contributed by atoms with van der Waals surface area (Å²) in [6, 6.07) is 68.7. The quantitative estimate of drug-likeness (QED) is 0.161. The van der Waals surface area contributed by atoms with Crippen molar-refractivity contribution in [1.29, 1.82) is 0 Å². The maximum absolute atomic E-state index is 2.43. The van der Waals surface area contributed by atoms with E-state index in [0.29, 0.717) is 0 Å². The van der Waals surface area contributed by atoms with Crippen molar-refractivity contribution < 1.29 is 17.5 Å². The average molecular weight is 722 g/mol. The molecule has 0 fully saturated rings. The molecule has 0 aliphatic rings. The molecule has 0 atom stereocenters. The minimum absolute atomic E-state index is 0.490. The minimum atomic E-state index is -2.43. The van der Waals surface area contributed by atoms with E-state index >= 15 is 0 Å². The van der Waals surface area contributed by atoms with Crippen molar-refractivity contribution in [1.82, 2.24) is 0 Å². The molecule has 0 aromatic heterocycles. The van der Waals surface area contributed by atoms with Crippen LogP contribution in [0.5, 0.6) is 0 Å². The Bertz CT molecular complexity index is 1270. The molecule has 0 unspecified atom stereocenters. The molecule has 0 N–H and O–H groups in total. The van der Waals surface area contributed by atoms with Gasteiger partial charge in [-0.1, -0.05) is 0 Å². The van der Waals surface area contributed by atoms with Crippen LogP contribution in [0.2, 0.25) is 0 Å². The Morgan fingerprint density at radius 3 is 0.538 bits per heavy atom. The van der Waals surface area contributed by atoms with Crippen molar-refractivity contribution in [3.8, 4) is 0 Å². The molecule has 0 amide bonds. The molecule has 6 rings (SSSR count). The topological polar surface area (TPSA) is 0 Å². The summed E-state index contributed by atoms with van der Waals surface area (Å²) in [5.41, 5.74) is 0. The Morgan fingerprint density at radius 2 is 0.385 bits per heavy atom. The van der Waals surface area contributed by atoms with Gasteiger partial charge in [-0.25, -0.2) is 0 Å². The Labute approximate surface area is 240 Å². The molecular formula is C36H32P2Pt. The van der Waals surface area contributed by atoms with Crippen LogP contribution in [-0.2, 0) is 17.5 Å². The van der Waals surface area contributed by atoms with Crippen molar-refractivity contribution >= 4 is 42.5 Å². The zero-order chi connectivity index (χ0) is 26.4. The van der Waals surface area contributed by atoms with E-state index in [0.717, 1.165) is 0 Å². The van der Waals surface area contributed by atoms with Crippen LogP contribution in [0, 0.1) is 0 Å². The molecule has 196 valence electrons. The van der Waals surface area contributed by atoms with Crippen LogP contribution < -0.4 is 31.8 Å². The molecule has 0 nitrogen and oxygen atoms in total. The van der Waals surface area contributed by atoms with Crippen LogP contribution in [0.25, 0.3) is 0 Å². The van der Waals surface area contributed by atoms with E-state index in [1.807, 2.05) is 0 Å². The van der Waals surface area contributed by atoms with Crippen LogP contribution in [0.1, 0.15) is 0 Å². The Balaban J connectivity index is 1.76. The van der Waals surface area contributed by atoms with E-state index in [-0.39, 0.29) is 0 Å². The molecule has 3 heteroatoms. The fraction of sp³-hybridized carbons (Fsp3) is 0. The normalized spacial score (nSPS) is 12.6. The second-order valence-corrected chi connectivity index (χ2v) is 31.4. The van der Waals surface area contributed by atoms with Crippen LogP contribution >= 0.6 is 10.7 Å². The first kappa shape index (κ1) is 26.1. The van der Waals surface area contributed by atoms with Crippen molar-refractivity contribution in [2.24, 2.45) is 0 Å². The summed E-state index contributed by atoms with van der Waals surface area (Å²) >= 11 is -0.490. The second-order valence-electron chi connectivity index (χ2n) is 9.50. The summed E-state index contributed by atoms with van der Waals surface area (Å²) < 4.78 is 0. The number of benzene rings is 6. The fourth-order valence-corrected chi connectivity index (χ4v) is 50.8. The third kappa shape index (κ3) is 4.99. The molecule has 39 heavy (non-hydrogen) atoms. The van der Waals surface area contributed by atoms with Crippen LogP contribution in [0.3, 0.4) is 0 Å². The van der Waals surface area contributed by atoms with E-state index < -0.39 is 28.3 Å². The van der Waals surface area contributed by atoms with E-state index in [4.69, 9.17) is 0 Å². The van der Waals surface area contributed by atoms with Gasteiger partial charge in [0.1, 0.15) is 0 Å². The van der Waals surface area contributed by atoms with Crippen LogP contribution in [-0.4, -0.2) is 0 Å². The average Bonchev–Trinajstić information content (AvgIpc) is 3.04. The summed E-state index contributed by atoms with van der Waals surface area (Å²) in [5.74, 6) is 0. The molecule has 6 aromatic rings. The maximum atomic E-state index is 2.41. The summed E-state index contributed by atoms with van der Waals surface area (Å²) in [6.07, 6.45) is 0. The van der Waals surface area contributed by atoms with Crippen molar-refractivity contribution in [2.45, 2.75) is 0 Å². The van der Waals surface area contributed by atoms with Crippen molar-refractivity contribution in [3.63, 3.8) is 0 Å². The van der Waals surface area contributed by atoms with Gasteiger partial charge in [-0.2, -0.15) is 0 Å². The van der Waals surface area contributed by atoms with Gasteiger partial charge < -0.3 is 0 Å². The monoisotopic (exact) mass is 721 g/mol. The third-order valence-electron chi connectivity index (χ3n) is 7.16. The molecule has 0 saturated carbocycles. The Hall–Kier alpha value is -3.13. The zero-order valence-corrected chi connectivity index (χ0v) is 25.9. The second kappa shape index (κ2) is 11.9. The van der Waals surface area contributed by atoms with E-state index in [2.05, 4.69) is 182 Å². The van der Waals surface area contributed by atoms with Gasteiger partial charge >= 0.3 is 242 Å². The molecule has 0 saturated heterocycles. The number of hydrogen-bond donors (Lipinski definition) is 0. The van der Waals surface area contributed by atoms with Gasteiger partial charge in [0.15, 0.2) is 0 Å². The first-order valence-corrected chi connectivity index (χ1v) is 23.7. The zero-order valence-electron chi connectivity index (χ0n) is 21.6. The van der Waals surface area contributed by atoms with E-state index in [9.17, 15) is 0 Å². The molecular weight excluding hydrogens is 689 g/mol. The van der Waals surface area contributed by atoms with Gasteiger partial charge in [-0.05, 0) is 0 Å². The van der Waals surface area contributed by atoms with Crippen molar-refractivity contribution in [2.75, 3.05) is 0 Å². The standard InChI is InChI=1S/2C18H15P.Pt/c2*1-4-10-16(11-5-1)19(17-12-6-2-7-13-17)18-14-8-3-9-15-18;/h2*1-15H;/q;;-2/p+2. The van der Waals surface area contributed by atoms with Crippen LogP contribution in [0.4, 0.5) is 0 Å². The first-order chi connectivity index (χ1) is 19.3.